The summed E-state index contributed by atoms with van der Waals surface area (Å²) in [5, 5.41) is 16.8. The highest BCUT2D eigenvalue weighted by Gasteiger charge is 2.25. The van der Waals surface area contributed by atoms with Crippen LogP contribution in [0, 0.1) is 0 Å². The summed E-state index contributed by atoms with van der Waals surface area (Å²) in [6.07, 6.45) is -0.570. The predicted molar refractivity (Wildman–Crippen MR) is 135 cm³/mol. The third-order valence-corrected chi connectivity index (χ3v) is 7.12. The van der Waals surface area contributed by atoms with Crippen molar-refractivity contribution in [2.75, 3.05) is 44.8 Å². The van der Waals surface area contributed by atoms with Crippen molar-refractivity contribution in [1.82, 2.24) is 10.1 Å². The zero-order valence-corrected chi connectivity index (χ0v) is 20.2. The number of ether oxygens (including phenoxy) is 2. The topological polar surface area (TPSA) is 71.2 Å². The lowest BCUT2D eigenvalue weighted by molar-refractivity contribution is 0.0623. The quantitative estimate of drug-likeness (QED) is 0.399. The number of thiophene rings is 1. The van der Waals surface area contributed by atoms with Crippen LogP contribution in [0.5, 0.6) is 11.5 Å². The van der Waals surface area contributed by atoms with Gasteiger partial charge in [-0.25, -0.2) is 0 Å². The molecule has 1 saturated heterocycles. The lowest BCUT2D eigenvalue weighted by Crippen LogP contribution is -2.54. The van der Waals surface area contributed by atoms with Crippen molar-refractivity contribution in [1.29, 1.82) is 0 Å². The molecule has 2 aromatic heterocycles. The second-order valence-corrected chi connectivity index (χ2v) is 9.55. The fourth-order valence-corrected chi connectivity index (χ4v) is 5.31. The van der Waals surface area contributed by atoms with E-state index >= 15 is 0 Å². The van der Waals surface area contributed by atoms with Crippen molar-refractivity contribution in [3.05, 3.63) is 60.0 Å². The monoisotopic (exact) mass is 479 g/mol. The lowest BCUT2D eigenvalue weighted by Gasteiger charge is -2.41. The summed E-state index contributed by atoms with van der Waals surface area (Å²) in [6, 6.07) is 18.2. The number of methoxy groups -OCH3 is 1. The number of β-amino-alcohol motifs (C(OH)–C–C–N with tert-alkyl or cyclic N) is 1. The number of benzene rings is 2. The molecule has 0 spiro atoms. The van der Waals surface area contributed by atoms with Crippen LogP contribution in [0.4, 0.5) is 5.69 Å². The van der Waals surface area contributed by atoms with E-state index in [1.807, 2.05) is 47.8 Å². The standard InChI is InChI=1S/C26H29N3O4S/c1-18-15-28(11-12-29(18)20-6-8-22(31-2)9-7-20)16-21(30)17-32-23-5-3-4-19(14-23)25-26-24(33-27-25)10-13-34-26/h3-10,13-14,18,21,30H,11-12,15-17H2,1-2H3/t18?,21-/m1/s1. The minimum Gasteiger partial charge on any atom is -0.497 e. The number of nitrogens with zero attached hydrogens (tertiary/aromatic N) is 3. The molecule has 0 amide bonds. The number of aliphatic hydroxyl groups excluding tert-OH is 1. The molecule has 0 aliphatic carbocycles. The molecule has 2 aromatic carbocycles. The second-order valence-electron chi connectivity index (χ2n) is 8.64. The summed E-state index contributed by atoms with van der Waals surface area (Å²) in [5.74, 6) is 1.58. The Kier molecular flexibility index (Phi) is 6.71. The number of hydrogen-bond donors (Lipinski definition) is 1. The molecule has 0 bridgehead atoms. The average molecular weight is 480 g/mol. The lowest BCUT2D eigenvalue weighted by atomic mass is 10.1. The molecule has 1 N–H and O–H groups in total. The molecular formula is C26H29N3O4S. The van der Waals surface area contributed by atoms with Gasteiger partial charge in [-0.1, -0.05) is 17.3 Å². The molecular weight excluding hydrogens is 450 g/mol. The minimum atomic E-state index is -0.570. The van der Waals surface area contributed by atoms with Gasteiger partial charge in [0.25, 0.3) is 0 Å². The van der Waals surface area contributed by atoms with Crippen LogP contribution in [0.1, 0.15) is 6.92 Å². The molecule has 8 heteroatoms. The zero-order valence-electron chi connectivity index (χ0n) is 19.4. The van der Waals surface area contributed by atoms with Crippen LogP contribution >= 0.6 is 11.3 Å². The molecule has 178 valence electrons. The van der Waals surface area contributed by atoms with Gasteiger partial charge in [-0.3, -0.25) is 4.90 Å². The van der Waals surface area contributed by atoms with Crippen molar-refractivity contribution < 1.29 is 19.1 Å². The van der Waals surface area contributed by atoms with Gasteiger partial charge in [-0.15, -0.1) is 11.3 Å². The van der Waals surface area contributed by atoms with Crippen molar-refractivity contribution >= 4 is 27.3 Å². The summed E-state index contributed by atoms with van der Waals surface area (Å²) in [6.45, 7) is 5.74. The Morgan fingerprint density at radius 1 is 1.15 bits per heavy atom. The smallest absolute Gasteiger partial charge is 0.178 e. The first kappa shape index (κ1) is 22.7. The van der Waals surface area contributed by atoms with Gasteiger partial charge in [-0.05, 0) is 54.8 Å². The number of anilines is 1. The van der Waals surface area contributed by atoms with E-state index in [0.717, 1.165) is 46.9 Å². The number of aliphatic hydroxyl groups is 1. The fourth-order valence-electron chi connectivity index (χ4n) is 4.49. The van der Waals surface area contributed by atoms with Crippen molar-refractivity contribution in [3.8, 4) is 22.8 Å². The number of hydrogen-bond acceptors (Lipinski definition) is 8. The summed E-state index contributed by atoms with van der Waals surface area (Å²) in [5.41, 5.74) is 3.75. The minimum absolute atomic E-state index is 0.240. The SMILES string of the molecule is COc1ccc(N2CCN(C[C@@H](O)COc3cccc(-c4noc5ccsc45)c3)CC2C)cc1. The number of piperazine rings is 1. The first-order valence-electron chi connectivity index (χ1n) is 11.5. The van der Waals surface area contributed by atoms with Gasteiger partial charge in [0.2, 0.25) is 0 Å². The molecule has 7 nitrogen and oxygen atoms in total. The van der Waals surface area contributed by atoms with Crippen LogP contribution in [0.2, 0.25) is 0 Å². The highest BCUT2D eigenvalue weighted by Crippen LogP contribution is 2.33. The Morgan fingerprint density at radius 2 is 2.00 bits per heavy atom. The van der Waals surface area contributed by atoms with Gasteiger partial charge in [0.05, 0.1) is 7.11 Å². The summed E-state index contributed by atoms with van der Waals surface area (Å²) in [4.78, 5) is 4.71. The van der Waals surface area contributed by atoms with E-state index in [-0.39, 0.29) is 6.61 Å². The van der Waals surface area contributed by atoms with Gasteiger partial charge >= 0.3 is 0 Å². The Hall–Kier alpha value is -3.07. The Morgan fingerprint density at radius 3 is 2.79 bits per heavy atom. The van der Waals surface area contributed by atoms with Crippen LogP contribution in [-0.4, -0.2) is 67.2 Å². The maximum Gasteiger partial charge on any atom is 0.178 e. The normalized spacial score (nSPS) is 17.7. The third-order valence-electron chi connectivity index (χ3n) is 6.21. The summed E-state index contributed by atoms with van der Waals surface area (Å²) >= 11 is 1.61. The fraction of sp³-hybridized carbons (Fsp3) is 0.346. The zero-order chi connectivity index (χ0) is 23.5. The molecule has 2 atom stereocenters. The van der Waals surface area contributed by atoms with Crippen molar-refractivity contribution in [3.63, 3.8) is 0 Å². The molecule has 1 fully saturated rings. The molecule has 4 aromatic rings. The first-order valence-corrected chi connectivity index (χ1v) is 12.4. The Bertz CT molecular complexity index is 1220. The van der Waals surface area contributed by atoms with Gasteiger partial charge in [0, 0.05) is 43.5 Å². The van der Waals surface area contributed by atoms with Gasteiger partial charge in [0.15, 0.2) is 5.58 Å². The second kappa shape index (κ2) is 10.0. The Balaban J connectivity index is 1.13. The third kappa shape index (κ3) is 4.89. The molecule has 0 saturated carbocycles. The first-order chi connectivity index (χ1) is 16.6. The van der Waals surface area contributed by atoms with E-state index in [1.165, 1.54) is 5.69 Å². The Labute approximate surface area is 203 Å². The van der Waals surface area contributed by atoms with Crippen molar-refractivity contribution in [2.45, 2.75) is 19.1 Å². The van der Waals surface area contributed by atoms with E-state index in [1.54, 1.807) is 18.4 Å². The molecule has 34 heavy (non-hydrogen) atoms. The van der Waals surface area contributed by atoms with E-state index in [2.05, 4.69) is 34.0 Å². The van der Waals surface area contributed by atoms with Crippen LogP contribution in [0.15, 0.2) is 64.5 Å². The molecule has 1 aliphatic heterocycles. The number of rotatable bonds is 8. The van der Waals surface area contributed by atoms with Crippen LogP contribution in [0.25, 0.3) is 21.5 Å². The van der Waals surface area contributed by atoms with Crippen LogP contribution < -0.4 is 14.4 Å². The van der Waals surface area contributed by atoms with E-state index in [4.69, 9.17) is 14.0 Å². The van der Waals surface area contributed by atoms with Gasteiger partial charge in [0.1, 0.15) is 34.6 Å². The molecule has 5 rings (SSSR count). The van der Waals surface area contributed by atoms with Crippen LogP contribution in [0.3, 0.4) is 0 Å². The van der Waals surface area contributed by atoms with Gasteiger partial charge < -0.3 is 24.0 Å². The molecule has 3 heterocycles. The van der Waals surface area contributed by atoms with Gasteiger partial charge in [-0.2, -0.15) is 0 Å². The maximum absolute atomic E-state index is 10.6. The predicted octanol–water partition coefficient (Wildman–Crippen LogP) is 4.52. The summed E-state index contributed by atoms with van der Waals surface area (Å²) < 4.78 is 17.6. The largest absolute Gasteiger partial charge is 0.497 e. The van der Waals surface area contributed by atoms with Crippen LogP contribution in [-0.2, 0) is 0 Å². The van der Waals surface area contributed by atoms with E-state index in [0.29, 0.717) is 18.3 Å². The molecule has 1 unspecified atom stereocenters. The molecule has 1 aliphatic rings. The number of fused-ring (bicyclic) bond motifs is 1. The highest BCUT2D eigenvalue weighted by atomic mass is 32.1. The number of aromatic nitrogens is 1. The summed E-state index contributed by atoms with van der Waals surface area (Å²) in [7, 11) is 1.68. The van der Waals surface area contributed by atoms with E-state index in [9.17, 15) is 5.11 Å². The maximum atomic E-state index is 10.6. The van der Waals surface area contributed by atoms with Crippen molar-refractivity contribution in [2.24, 2.45) is 0 Å². The molecule has 0 radical (unpaired) electrons. The highest BCUT2D eigenvalue weighted by molar-refractivity contribution is 7.17. The van der Waals surface area contributed by atoms with E-state index < -0.39 is 6.10 Å². The average Bonchev–Trinajstić information content (AvgIpc) is 3.48.